The molecule has 0 aliphatic rings. The van der Waals surface area contributed by atoms with E-state index in [-0.39, 0.29) is 5.69 Å². The standard InChI is InChI=1S/C18H9Cl2N5O/c19-12-5-1-10(2-6-12)17-16(15-14(9-21)23-25-24-15)22-18(26-17)11-3-7-13(20)8-4-11/h1-8H,(H,23,24,25). The highest BCUT2D eigenvalue weighted by Gasteiger charge is 2.23. The number of oxazole rings is 1. The van der Waals surface area contributed by atoms with Crippen LogP contribution >= 0.6 is 23.2 Å². The molecule has 4 aromatic rings. The summed E-state index contributed by atoms with van der Waals surface area (Å²) in [5.74, 6) is 0.852. The fraction of sp³-hybridized carbons (Fsp3) is 0. The topological polar surface area (TPSA) is 91.4 Å². The Morgan fingerprint density at radius 1 is 0.846 bits per heavy atom. The smallest absolute Gasteiger partial charge is 0.227 e. The second-order valence-electron chi connectivity index (χ2n) is 5.34. The molecule has 2 aromatic carbocycles. The lowest BCUT2D eigenvalue weighted by Gasteiger charge is -1.99. The first-order valence-electron chi connectivity index (χ1n) is 7.49. The Morgan fingerprint density at radius 3 is 2.08 bits per heavy atom. The molecule has 0 fully saturated rings. The Morgan fingerprint density at radius 2 is 1.46 bits per heavy atom. The van der Waals surface area contributed by atoms with Crippen molar-refractivity contribution in [2.24, 2.45) is 0 Å². The van der Waals surface area contributed by atoms with E-state index in [1.165, 1.54) is 0 Å². The molecule has 6 nitrogen and oxygen atoms in total. The van der Waals surface area contributed by atoms with Crippen molar-refractivity contribution < 1.29 is 4.42 Å². The van der Waals surface area contributed by atoms with Crippen molar-refractivity contribution in [3.63, 3.8) is 0 Å². The van der Waals surface area contributed by atoms with Gasteiger partial charge >= 0.3 is 0 Å². The van der Waals surface area contributed by atoms with Gasteiger partial charge < -0.3 is 4.42 Å². The van der Waals surface area contributed by atoms with Gasteiger partial charge in [-0.3, -0.25) is 0 Å². The SMILES string of the molecule is N#Cc1n[nH]nc1-c1nc(-c2ccc(Cl)cc2)oc1-c1ccc(Cl)cc1. The number of aromatic nitrogens is 4. The fourth-order valence-corrected chi connectivity index (χ4v) is 2.72. The number of nitrogens with zero attached hydrogens (tertiary/aromatic N) is 4. The van der Waals surface area contributed by atoms with Gasteiger partial charge in [0.1, 0.15) is 11.8 Å². The van der Waals surface area contributed by atoms with Gasteiger partial charge in [0, 0.05) is 21.2 Å². The fourth-order valence-electron chi connectivity index (χ4n) is 2.47. The number of benzene rings is 2. The lowest BCUT2D eigenvalue weighted by atomic mass is 10.1. The minimum absolute atomic E-state index is 0.135. The third-order valence-corrected chi connectivity index (χ3v) is 4.21. The molecule has 0 bridgehead atoms. The molecule has 0 aliphatic heterocycles. The van der Waals surface area contributed by atoms with Crippen molar-refractivity contribution in [1.82, 2.24) is 20.4 Å². The molecule has 4 rings (SSSR count). The monoisotopic (exact) mass is 381 g/mol. The average molecular weight is 382 g/mol. The van der Waals surface area contributed by atoms with Crippen LogP contribution in [0.25, 0.3) is 34.2 Å². The molecule has 0 spiro atoms. The first-order valence-corrected chi connectivity index (χ1v) is 8.25. The van der Waals surface area contributed by atoms with E-state index in [2.05, 4.69) is 20.4 Å². The predicted octanol–water partition coefficient (Wildman–Crippen LogP) is 4.97. The Bertz CT molecular complexity index is 1110. The van der Waals surface area contributed by atoms with Gasteiger partial charge in [-0.05, 0) is 48.5 Å². The largest absolute Gasteiger partial charge is 0.435 e. The summed E-state index contributed by atoms with van der Waals surface area (Å²) in [7, 11) is 0. The number of hydrogen-bond donors (Lipinski definition) is 1. The Hall–Kier alpha value is -3.14. The summed E-state index contributed by atoms with van der Waals surface area (Å²) in [5, 5.41) is 20.8. The first kappa shape index (κ1) is 16.3. The lowest BCUT2D eigenvalue weighted by Crippen LogP contribution is -1.87. The molecule has 0 saturated carbocycles. The Labute approximate surface area is 158 Å². The van der Waals surface area contributed by atoms with E-state index < -0.39 is 0 Å². The normalized spacial score (nSPS) is 10.7. The molecule has 2 heterocycles. The third kappa shape index (κ3) is 2.94. The van der Waals surface area contributed by atoms with Crippen molar-refractivity contribution in [2.75, 3.05) is 0 Å². The van der Waals surface area contributed by atoms with Gasteiger partial charge in [0.05, 0.1) is 0 Å². The van der Waals surface area contributed by atoms with Crippen LogP contribution in [0.4, 0.5) is 0 Å². The van der Waals surface area contributed by atoms with Crippen molar-refractivity contribution in [3.8, 4) is 40.2 Å². The highest BCUT2D eigenvalue weighted by molar-refractivity contribution is 6.30. The summed E-state index contributed by atoms with van der Waals surface area (Å²) < 4.78 is 6.00. The summed E-state index contributed by atoms with van der Waals surface area (Å²) in [6.45, 7) is 0. The van der Waals surface area contributed by atoms with Gasteiger partial charge in [0.2, 0.25) is 5.89 Å². The molecule has 0 unspecified atom stereocenters. The van der Waals surface area contributed by atoms with Crippen LogP contribution in [0.1, 0.15) is 5.69 Å². The molecule has 0 saturated heterocycles. The van der Waals surface area contributed by atoms with Gasteiger partial charge in [-0.2, -0.15) is 15.6 Å². The van der Waals surface area contributed by atoms with Crippen LogP contribution in [-0.4, -0.2) is 20.4 Å². The number of nitriles is 1. The quantitative estimate of drug-likeness (QED) is 0.540. The van der Waals surface area contributed by atoms with Crippen molar-refractivity contribution in [3.05, 3.63) is 64.3 Å². The van der Waals surface area contributed by atoms with Crippen molar-refractivity contribution in [1.29, 1.82) is 5.26 Å². The van der Waals surface area contributed by atoms with Gasteiger partial charge in [-0.1, -0.05) is 23.2 Å². The maximum Gasteiger partial charge on any atom is 0.227 e. The molecule has 0 amide bonds. The molecule has 8 heteroatoms. The number of aromatic amines is 1. The van der Waals surface area contributed by atoms with Gasteiger partial charge in [0.15, 0.2) is 17.1 Å². The number of hydrogen-bond acceptors (Lipinski definition) is 5. The Kier molecular flexibility index (Phi) is 4.17. The van der Waals surface area contributed by atoms with Crippen LogP contribution in [0.15, 0.2) is 52.9 Å². The van der Waals surface area contributed by atoms with Gasteiger partial charge in [0.25, 0.3) is 0 Å². The number of rotatable bonds is 3. The summed E-state index contributed by atoms with van der Waals surface area (Å²) in [6.07, 6.45) is 0. The minimum Gasteiger partial charge on any atom is -0.435 e. The van der Waals surface area contributed by atoms with E-state index in [9.17, 15) is 5.26 Å². The van der Waals surface area contributed by atoms with Gasteiger partial charge in [-0.25, -0.2) is 4.98 Å². The molecule has 0 aliphatic carbocycles. The van der Waals surface area contributed by atoms with Crippen LogP contribution in [0.5, 0.6) is 0 Å². The summed E-state index contributed by atoms with van der Waals surface area (Å²) in [4.78, 5) is 4.54. The number of nitrogens with one attached hydrogen (secondary N) is 1. The summed E-state index contributed by atoms with van der Waals surface area (Å²) >= 11 is 11.9. The van der Waals surface area contributed by atoms with E-state index in [0.29, 0.717) is 33.1 Å². The van der Waals surface area contributed by atoms with E-state index >= 15 is 0 Å². The second-order valence-corrected chi connectivity index (χ2v) is 6.22. The number of H-pyrrole nitrogens is 1. The average Bonchev–Trinajstić information content (AvgIpc) is 3.29. The van der Waals surface area contributed by atoms with E-state index in [1.807, 2.05) is 18.2 Å². The molecule has 0 radical (unpaired) electrons. The molecule has 2 aromatic heterocycles. The maximum absolute atomic E-state index is 9.26. The molecular formula is C18H9Cl2N5O. The van der Waals surface area contributed by atoms with E-state index in [0.717, 1.165) is 11.1 Å². The van der Waals surface area contributed by atoms with Crippen LogP contribution < -0.4 is 0 Å². The molecule has 1 N–H and O–H groups in total. The summed E-state index contributed by atoms with van der Waals surface area (Å²) in [5.41, 5.74) is 2.38. The highest BCUT2D eigenvalue weighted by Crippen LogP contribution is 2.36. The van der Waals surface area contributed by atoms with Crippen LogP contribution in [0.3, 0.4) is 0 Å². The van der Waals surface area contributed by atoms with Gasteiger partial charge in [-0.15, -0.1) is 5.10 Å². The molecular weight excluding hydrogens is 373 g/mol. The molecule has 126 valence electrons. The second kappa shape index (κ2) is 6.64. The predicted molar refractivity (Wildman–Crippen MR) is 97.5 cm³/mol. The molecule has 0 atom stereocenters. The van der Waals surface area contributed by atoms with E-state index in [4.69, 9.17) is 27.6 Å². The number of halogens is 2. The first-order chi connectivity index (χ1) is 12.7. The van der Waals surface area contributed by atoms with E-state index in [1.54, 1.807) is 36.4 Å². The highest BCUT2D eigenvalue weighted by atomic mass is 35.5. The third-order valence-electron chi connectivity index (χ3n) is 3.70. The minimum atomic E-state index is 0.135. The summed E-state index contributed by atoms with van der Waals surface area (Å²) in [6, 6.07) is 16.2. The molecule has 26 heavy (non-hydrogen) atoms. The van der Waals surface area contributed by atoms with Crippen LogP contribution in [0, 0.1) is 11.3 Å². The van der Waals surface area contributed by atoms with Crippen molar-refractivity contribution >= 4 is 23.2 Å². The maximum atomic E-state index is 9.26. The Balaban J connectivity index is 1.92. The van der Waals surface area contributed by atoms with Crippen molar-refractivity contribution in [2.45, 2.75) is 0 Å². The van der Waals surface area contributed by atoms with Crippen LogP contribution in [-0.2, 0) is 0 Å². The zero-order valence-corrected chi connectivity index (χ0v) is 14.6. The van der Waals surface area contributed by atoms with Crippen LogP contribution in [0.2, 0.25) is 10.0 Å². The lowest BCUT2D eigenvalue weighted by molar-refractivity contribution is 0.589. The zero-order chi connectivity index (χ0) is 18.1. The zero-order valence-electron chi connectivity index (χ0n) is 13.1.